The highest BCUT2D eigenvalue weighted by Gasteiger charge is 2.73. The number of likely N-dealkylation sites (tertiary alicyclic amines) is 1. The molecule has 5 aliphatic rings. The van der Waals surface area contributed by atoms with Crippen LogP contribution in [0.5, 0.6) is 11.5 Å². The molecule has 3 heterocycles. The van der Waals surface area contributed by atoms with E-state index in [1.54, 1.807) is 6.07 Å². The van der Waals surface area contributed by atoms with Gasteiger partial charge in [-0.25, -0.2) is 0 Å². The zero-order valence-electron chi connectivity index (χ0n) is 21.5. The van der Waals surface area contributed by atoms with Gasteiger partial charge in [-0.1, -0.05) is 33.3 Å². The molecular formula is C30H40N2O3. The minimum Gasteiger partial charge on any atom is -0.504 e. The molecular weight excluding hydrogens is 436 g/mol. The summed E-state index contributed by atoms with van der Waals surface area (Å²) in [5.41, 5.74) is 6.25. The van der Waals surface area contributed by atoms with Crippen LogP contribution in [0.1, 0.15) is 92.6 Å². The maximum atomic E-state index is 13.0. The molecule has 1 aromatic carbocycles. The van der Waals surface area contributed by atoms with E-state index in [4.69, 9.17) is 4.74 Å². The van der Waals surface area contributed by atoms with Crippen LogP contribution < -0.4 is 4.74 Å². The molecule has 1 saturated carbocycles. The van der Waals surface area contributed by atoms with Crippen LogP contribution in [-0.2, 0) is 31.1 Å². The zero-order chi connectivity index (χ0) is 24.1. The number of benzene rings is 1. The van der Waals surface area contributed by atoms with E-state index in [9.17, 15) is 10.2 Å². The van der Waals surface area contributed by atoms with Crippen molar-refractivity contribution in [3.63, 3.8) is 0 Å². The van der Waals surface area contributed by atoms with E-state index in [-0.39, 0.29) is 17.9 Å². The standard InChI is InChI=1S/C30H40N2O3/c1-4-5-6-20-21-15-30(34)24-14-19-9-10-23(33)27-25(19)29(30,11-12-32(24)16-18-7-8-18)28(35-27)26(21)31-22(20)13-17(2)3/h9-10,17-18,24,28,31,33-34H,4-8,11-16H2,1-3H3/t24?,28-,29?,30+/m0/s1. The van der Waals surface area contributed by atoms with Gasteiger partial charge in [0.05, 0.1) is 16.7 Å². The summed E-state index contributed by atoms with van der Waals surface area (Å²) in [6.07, 6.45) is 9.20. The van der Waals surface area contributed by atoms with Crippen molar-refractivity contribution in [1.82, 2.24) is 9.88 Å². The van der Waals surface area contributed by atoms with Gasteiger partial charge < -0.3 is 19.9 Å². The number of aromatic nitrogens is 1. The van der Waals surface area contributed by atoms with Gasteiger partial charge in [0, 0.05) is 30.3 Å². The summed E-state index contributed by atoms with van der Waals surface area (Å²) in [4.78, 5) is 6.49. The van der Waals surface area contributed by atoms with Gasteiger partial charge in [0.15, 0.2) is 17.6 Å². The molecule has 4 atom stereocenters. The van der Waals surface area contributed by atoms with Gasteiger partial charge >= 0.3 is 0 Å². The highest BCUT2D eigenvalue weighted by Crippen LogP contribution is 2.69. The Balaban J connectivity index is 1.44. The van der Waals surface area contributed by atoms with E-state index in [0.29, 0.717) is 18.1 Å². The predicted molar refractivity (Wildman–Crippen MR) is 136 cm³/mol. The second-order valence-electron chi connectivity index (χ2n) is 12.6. The van der Waals surface area contributed by atoms with Crippen LogP contribution in [0.25, 0.3) is 0 Å². The predicted octanol–water partition coefficient (Wildman–Crippen LogP) is 4.96. The molecule has 0 radical (unpaired) electrons. The maximum Gasteiger partial charge on any atom is 0.166 e. The van der Waals surface area contributed by atoms with Gasteiger partial charge in [0.2, 0.25) is 0 Å². The molecule has 3 aliphatic carbocycles. The number of aliphatic hydroxyl groups is 1. The minimum atomic E-state index is -0.887. The van der Waals surface area contributed by atoms with E-state index in [2.05, 4.69) is 36.7 Å². The van der Waals surface area contributed by atoms with E-state index in [1.165, 1.54) is 40.9 Å². The first kappa shape index (κ1) is 22.2. The molecule has 7 rings (SSSR count). The fraction of sp³-hybridized carbons (Fsp3) is 0.667. The van der Waals surface area contributed by atoms with Crippen LogP contribution in [0.4, 0.5) is 0 Å². The molecule has 2 aliphatic heterocycles. The summed E-state index contributed by atoms with van der Waals surface area (Å²) < 4.78 is 6.75. The molecule has 2 unspecified atom stereocenters. The number of nitrogens with zero attached hydrogens (tertiary/aromatic N) is 1. The second-order valence-corrected chi connectivity index (χ2v) is 12.6. The average molecular weight is 477 g/mol. The number of hydrogen-bond acceptors (Lipinski definition) is 4. The number of phenols is 1. The quantitative estimate of drug-likeness (QED) is 0.528. The molecule has 0 amide bonds. The molecule has 5 heteroatoms. The van der Waals surface area contributed by atoms with Gasteiger partial charge in [-0.15, -0.1) is 0 Å². The lowest BCUT2D eigenvalue weighted by Gasteiger charge is -2.62. The number of ether oxygens (including phenoxy) is 1. The van der Waals surface area contributed by atoms with Gasteiger partial charge in [-0.3, -0.25) is 4.90 Å². The first-order valence-electron chi connectivity index (χ1n) is 14.1. The lowest BCUT2D eigenvalue weighted by Crippen LogP contribution is -2.74. The van der Waals surface area contributed by atoms with Gasteiger partial charge in [-0.2, -0.15) is 0 Å². The number of rotatable bonds is 7. The minimum absolute atomic E-state index is 0.0987. The third kappa shape index (κ3) is 2.88. The first-order chi connectivity index (χ1) is 16.9. The Bertz CT molecular complexity index is 1180. The smallest absolute Gasteiger partial charge is 0.166 e. The molecule has 1 spiro atoms. The van der Waals surface area contributed by atoms with E-state index in [1.807, 2.05) is 0 Å². The van der Waals surface area contributed by atoms with Crippen molar-refractivity contribution in [3.8, 4) is 11.5 Å². The third-order valence-electron chi connectivity index (χ3n) is 9.95. The number of fused-ring (bicyclic) bond motifs is 2. The lowest BCUT2D eigenvalue weighted by molar-refractivity contribution is -0.173. The molecule has 5 nitrogen and oxygen atoms in total. The summed E-state index contributed by atoms with van der Waals surface area (Å²) in [5, 5.41) is 23.9. The number of hydrogen-bond donors (Lipinski definition) is 3. The number of aromatic amines is 1. The van der Waals surface area contributed by atoms with E-state index >= 15 is 0 Å². The van der Waals surface area contributed by atoms with Crippen molar-refractivity contribution in [2.24, 2.45) is 11.8 Å². The summed E-state index contributed by atoms with van der Waals surface area (Å²) in [6.45, 7) is 8.92. The van der Waals surface area contributed by atoms with Crippen LogP contribution in [-0.4, -0.2) is 44.8 Å². The van der Waals surface area contributed by atoms with Crippen LogP contribution in [0.3, 0.4) is 0 Å². The zero-order valence-corrected chi connectivity index (χ0v) is 21.5. The Morgan fingerprint density at radius 3 is 2.83 bits per heavy atom. The summed E-state index contributed by atoms with van der Waals surface area (Å²) >= 11 is 0. The normalized spacial score (nSPS) is 32.5. The first-order valence-corrected chi connectivity index (χ1v) is 14.1. The number of nitrogens with one attached hydrogen (secondary N) is 1. The van der Waals surface area contributed by atoms with Crippen molar-refractivity contribution in [1.29, 1.82) is 0 Å². The van der Waals surface area contributed by atoms with Crippen LogP contribution in [0.15, 0.2) is 12.1 Å². The molecule has 1 aromatic heterocycles. The summed E-state index contributed by atoms with van der Waals surface area (Å²) in [5.74, 6) is 2.20. The van der Waals surface area contributed by atoms with E-state index < -0.39 is 11.0 Å². The molecule has 2 bridgehead atoms. The molecule has 188 valence electrons. The Labute approximate surface area is 208 Å². The fourth-order valence-corrected chi connectivity index (χ4v) is 8.26. The number of aromatic hydroxyl groups is 1. The van der Waals surface area contributed by atoms with E-state index in [0.717, 1.165) is 63.1 Å². The Hall–Kier alpha value is -1.98. The van der Waals surface area contributed by atoms with Gasteiger partial charge in [-0.05, 0) is 86.1 Å². The lowest BCUT2D eigenvalue weighted by atomic mass is 9.49. The Kier molecular flexibility index (Phi) is 4.78. The Morgan fingerprint density at radius 1 is 1.26 bits per heavy atom. The monoisotopic (exact) mass is 476 g/mol. The third-order valence-corrected chi connectivity index (χ3v) is 9.95. The SMILES string of the molecule is CCCCc1c(CC(C)C)[nH]c2c1C[C@@]1(O)C3Cc4ccc(O)c5c4C1(CCN3CC1CC1)[C@H]2O5. The number of phenolic OH excluding ortho intramolecular Hbond substituents is 1. The summed E-state index contributed by atoms with van der Waals surface area (Å²) in [6, 6.07) is 4.00. The van der Waals surface area contributed by atoms with Crippen molar-refractivity contribution in [3.05, 3.63) is 45.8 Å². The molecule has 2 fully saturated rings. The van der Waals surface area contributed by atoms with Gasteiger partial charge in [0.1, 0.15) is 0 Å². The average Bonchev–Trinajstić information content (AvgIpc) is 3.47. The van der Waals surface area contributed by atoms with Crippen LogP contribution in [0.2, 0.25) is 0 Å². The topological polar surface area (TPSA) is 68.7 Å². The van der Waals surface area contributed by atoms with Crippen molar-refractivity contribution in [2.75, 3.05) is 13.1 Å². The number of unbranched alkanes of at least 4 members (excludes halogenated alkanes) is 1. The van der Waals surface area contributed by atoms with Gasteiger partial charge in [0.25, 0.3) is 0 Å². The van der Waals surface area contributed by atoms with Crippen LogP contribution in [0, 0.1) is 11.8 Å². The van der Waals surface area contributed by atoms with Crippen LogP contribution >= 0.6 is 0 Å². The van der Waals surface area contributed by atoms with Crippen molar-refractivity contribution < 1.29 is 14.9 Å². The maximum absolute atomic E-state index is 13.0. The second kappa shape index (κ2) is 7.52. The molecule has 3 N–H and O–H groups in total. The molecule has 2 aromatic rings. The fourth-order valence-electron chi connectivity index (χ4n) is 8.26. The molecule has 35 heavy (non-hydrogen) atoms. The number of piperidine rings is 1. The Morgan fingerprint density at radius 2 is 2.09 bits per heavy atom. The largest absolute Gasteiger partial charge is 0.504 e. The highest BCUT2D eigenvalue weighted by molar-refractivity contribution is 5.65. The summed E-state index contributed by atoms with van der Waals surface area (Å²) in [7, 11) is 0. The van der Waals surface area contributed by atoms with Crippen molar-refractivity contribution >= 4 is 0 Å². The highest BCUT2D eigenvalue weighted by atomic mass is 16.5. The number of H-pyrrole nitrogens is 1. The molecule has 1 saturated heterocycles. The van der Waals surface area contributed by atoms with Crippen molar-refractivity contribution in [2.45, 2.75) is 102 Å².